The van der Waals surface area contributed by atoms with Gasteiger partial charge >= 0.3 is 0 Å². The molecule has 7 heteroatoms. The third-order valence-electron chi connectivity index (χ3n) is 4.04. The molecule has 1 saturated heterocycles. The smallest absolute Gasteiger partial charge is 0.260 e. The summed E-state index contributed by atoms with van der Waals surface area (Å²) in [6.45, 7) is 4.11. The van der Waals surface area contributed by atoms with Crippen molar-refractivity contribution >= 4 is 27.7 Å². The number of nitrogens with zero attached hydrogens (tertiary/aromatic N) is 2. The van der Waals surface area contributed by atoms with Crippen molar-refractivity contribution in [2.75, 3.05) is 32.8 Å². The molecular formula is C17H24BrN3O3. The fourth-order valence-electron chi connectivity index (χ4n) is 2.61. The van der Waals surface area contributed by atoms with Gasteiger partial charge in [0.05, 0.1) is 6.04 Å². The number of carbonyl (C=O) groups excluding carboxylic acids is 2. The first kappa shape index (κ1) is 18.7. The molecule has 1 heterocycles. The Morgan fingerprint density at radius 2 is 1.75 bits per heavy atom. The summed E-state index contributed by atoms with van der Waals surface area (Å²) in [4.78, 5) is 27.9. The van der Waals surface area contributed by atoms with Crippen molar-refractivity contribution < 1.29 is 14.3 Å². The van der Waals surface area contributed by atoms with Crippen LogP contribution in [0.15, 0.2) is 28.7 Å². The molecular weight excluding hydrogens is 374 g/mol. The molecule has 2 N–H and O–H groups in total. The zero-order valence-corrected chi connectivity index (χ0v) is 15.5. The van der Waals surface area contributed by atoms with Crippen LogP contribution in [0.3, 0.4) is 0 Å². The van der Waals surface area contributed by atoms with Gasteiger partial charge in [0.2, 0.25) is 5.91 Å². The molecule has 6 nitrogen and oxygen atoms in total. The highest BCUT2D eigenvalue weighted by molar-refractivity contribution is 9.10. The van der Waals surface area contributed by atoms with Gasteiger partial charge in [-0.25, -0.2) is 0 Å². The minimum Gasteiger partial charge on any atom is -0.484 e. The summed E-state index contributed by atoms with van der Waals surface area (Å²) in [6.07, 6.45) is 1.58. The maximum Gasteiger partial charge on any atom is 0.260 e. The molecule has 2 amide bonds. The second-order valence-corrected chi connectivity index (χ2v) is 6.76. The van der Waals surface area contributed by atoms with Gasteiger partial charge in [-0.05, 0) is 30.7 Å². The van der Waals surface area contributed by atoms with Crippen LogP contribution in [0.2, 0.25) is 0 Å². The summed E-state index contributed by atoms with van der Waals surface area (Å²) >= 11 is 3.35. The summed E-state index contributed by atoms with van der Waals surface area (Å²) in [5, 5.41) is 0. The minimum atomic E-state index is -0.432. The normalized spacial score (nSPS) is 16.0. The molecule has 0 aromatic heterocycles. The van der Waals surface area contributed by atoms with Crippen LogP contribution in [0.4, 0.5) is 0 Å². The van der Waals surface area contributed by atoms with E-state index in [4.69, 9.17) is 10.5 Å². The molecule has 1 aromatic carbocycles. The molecule has 0 spiro atoms. The standard InChI is InChI=1S/C17H24BrN3O3/c1-2-3-15(19)17(23)21-10-8-20(9-11-21)16(22)12-24-14-6-4-13(18)5-7-14/h4-7,15H,2-3,8-12,19H2,1H3. The largest absolute Gasteiger partial charge is 0.484 e. The molecule has 1 unspecified atom stereocenters. The number of piperazine rings is 1. The van der Waals surface area contributed by atoms with Gasteiger partial charge in [-0.3, -0.25) is 9.59 Å². The molecule has 0 aliphatic carbocycles. The van der Waals surface area contributed by atoms with E-state index in [-0.39, 0.29) is 18.4 Å². The van der Waals surface area contributed by atoms with Gasteiger partial charge in [0.1, 0.15) is 5.75 Å². The predicted molar refractivity (Wildman–Crippen MR) is 95.7 cm³/mol. The van der Waals surface area contributed by atoms with E-state index in [1.807, 2.05) is 31.2 Å². The van der Waals surface area contributed by atoms with E-state index in [0.717, 1.165) is 10.9 Å². The molecule has 1 aliphatic rings. The van der Waals surface area contributed by atoms with Gasteiger partial charge in [0.25, 0.3) is 5.91 Å². The van der Waals surface area contributed by atoms with Crippen LogP contribution in [0.5, 0.6) is 5.75 Å². The zero-order valence-electron chi connectivity index (χ0n) is 13.9. The highest BCUT2D eigenvalue weighted by Gasteiger charge is 2.26. The Labute approximate surface area is 151 Å². The lowest BCUT2D eigenvalue weighted by atomic mass is 10.1. The fourth-order valence-corrected chi connectivity index (χ4v) is 2.88. The Kier molecular flexibility index (Phi) is 7.05. The number of rotatable bonds is 6. The summed E-state index contributed by atoms with van der Waals surface area (Å²) in [5.74, 6) is 0.573. The Morgan fingerprint density at radius 3 is 2.33 bits per heavy atom. The first-order valence-electron chi connectivity index (χ1n) is 8.21. The van der Waals surface area contributed by atoms with Crippen molar-refractivity contribution in [1.29, 1.82) is 0 Å². The lowest BCUT2D eigenvalue weighted by Crippen LogP contribution is -2.54. The summed E-state index contributed by atoms with van der Waals surface area (Å²) in [5.41, 5.74) is 5.88. The maximum absolute atomic E-state index is 12.2. The average molecular weight is 398 g/mol. The molecule has 2 rings (SSSR count). The third-order valence-corrected chi connectivity index (χ3v) is 4.57. The van der Waals surface area contributed by atoms with Crippen molar-refractivity contribution in [2.24, 2.45) is 5.73 Å². The van der Waals surface area contributed by atoms with Gasteiger partial charge in [-0.1, -0.05) is 29.3 Å². The third kappa shape index (κ3) is 5.21. The van der Waals surface area contributed by atoms with E-state index in [1.165, 1.54) is 0 Å². The van der Waals surface area contributed by atoms with Crippen molar-refractivity contribution in [3.63, 3.8) is 0 Å². The number of halogens is 1. The SMILES string of the molecule is CCCC(N)C(=O)N1CCN(C(=O)COc2ccc(Br)cc2)CC1. The fraction of sp³-hybridized carbons (Fsp3) is 0.529. The van der Waals surface area contributed by atoms with Crippen LogP contribution in [-0.2, 0) is 9.59 Å². The Balaban J connectivity index is 1.76. The van der Waals surface area contributed by atoms with Crippen molar-refractivity contribution in [3.8, 4) is 5.75 Å². The molecule has 1 aromatic rings. The second-order valence-electron chi connectivity index (χ2n) is 5.84. The number of nitrogens with two attached hydrogens (primary N) is 1. The van der Waals surface area contributed by atoms with Gasteiger partial charge in [-0.2, -0.15) is 0 Å². The van der Waals surface area contributed by atoms with Crippen molar-refractivity contribution in [2.45, 2.75) is 25.8 Å². The number of carbonyl (C=O) groups is 2. The number of ether oxygens (including phenoxy) is 1. The van der Waals surface area contributed by atoms with Gasteiger partial charge in [0.15, 0.2) is 6.61 Å². The highest BCUT2D eigenvalue weighted by atomic mass is 79.9. The first-order valence-corrected chi connectivity index (χ1v) is 9.01. The molecule has 0 bridgehead atoms. The molecule has 1 atom stereocenters. The maximum atomic E-state index is 12.2. The lowest BCUT2D eigenvalue weighted by molar-refractivity contribution is -0.141. The van der Waals surface area contributed by atoms with Crippen LogP contribution in [-0.4, -0.2) is 60.4 Å². The molecule has 132 valence electrons. The number of benzene rings is 1. The van der Waals surface area contributed by atoms with E-state index in [2.05, 4.69) is 15.9 Å². The Hall–Kier alpha value is -1.60. The summed E-state index contributed by atoms with van der Waals surface area (Å²) < 4.78 is 6.47. The number of hydrogen-bond donors (Lipinski definition) is 1. The molecule has 0 saturated carbocycles. The summed E-state index contributed by atoms with van der Waals surface area (Å²) in [6, 6.07) is 6.91. The topological polar surface area (TPSA) is 75.9 Å². The molecule has 24 heavy (non-hydrogen) atoms. The van der Waals surface area contributed by atoms with Gasteiger partial charge in [-0.15, -0.1) is 0 Å². The highest BCUT2D eigenvalue weighted by Crippen LogP contribution is 2.16. The average Bonchev–Trinajstić information content (AvgIpc) is 2.60. The van der Waals surface area contributed by atoms with Crippen molar-refractivity contribution in [3.05, 3.63) is 28.7 Å². The van der Waals surface area contributed by atoms with Crippen LogP contribution in [0, 0.1) is 0 Å². The van der Waals surface area contributed by atoms with Crippen molar-refractivity contribution in [1.82, 2.24) is 9.80 Å². The quantitative estimate of drug-likeness (QED) is 0.791. The van der Waals surface area contributed by atoms with Gasteiger partial charge < -0.3 is 20.3 Å². The monoisotopic (exact) mass is 397 g/mol. The van der Waals surface area contributed by atoms with Crippen LogP contribution < -0.4 is 10.5 Å². The number of amides is 2. The second kappa shape index (κ2) is 9.03. The Bertz CT molecular complexity index is 557. The lowest BCUT2D eigenvalue weighted by Gasteiger charge is -2.35. The van der Waals surface area contributed by atoms with E-state index >= 15 is 0 Å². The summed E-state index contributed by atoms with van der Waals surface area (Å²) in [7, 11) is 0. The van der Waals surface area contributed by atoms with Crippen LogP contribution in [0.1, 0.15) is 19.8 Å². The van der Waals surface area contributed by atoms with Crippen LogP contribution >= 0.6 is 15.9 Å². The van der Waals surface area contributed by atoms with Gasteiger partial charge in [0, 0.05) is 30.7 Å². The van der Waals surface area contributed by atoms with E-state index in [9.17, 15) is 9.59 Å². The predicted octanol–water partition coefficient (Wildman–Crippen LogP) is 1.63. The first-order chi connectivity index (χ1) is 11.5. The molecule has 0 radical (unpaired) electrons. The molecule has 1 aliphatic heterocycles. The molecule has 1 fully saturated rings. The van der Waals surface area contributed by atoms with Crippen LogP contribution in [0.25, 0.3) is 0 Å². The minimum absolute atomic E-state index is 0.00489. The number of hydrogen-bond acceptors (Lipinski definition) is 4. The zero-order chi connectivity index (χ0) is 17.5. The Morgan fingerprint density at radius 1 is 1.17 bits per heavy atom. The van der Waals surface area contributed by atoms with E-state index in [0.29, 0.717) is 38.3 Å². The van der Waals surface area contributed by atoms with E-state index < -0.39 is 6.04 Å². The van der Waals surface area contributed by atoms with E-state index in [1.54, 1.807) is 9.80 Å².